The highest BCUT2D eigenvalue weighted by atomic mass is 16.5. The number of hydrogen-bond donors (Lipinski definition) is 0. The highest BCUT2D eigenvalue weighted by Gasteiger charge is 2.06. The van der Waals surface area contributed by atoms with Gasteiger partial charge in [0, 0.05) is 5.69 Å². The van der Waals surface area contributed by atoms with Gasteiger partial charge in [-0.05, 0) is 32.9 Å². The van der Waals surface area contributed by atoms with Crippen molar-refractivity contribution in [3.8, 4) is 11.6 Å². The largest absolute Gasteiger partial charge is 0.485 e. The average molecular weight is 181 g/mol. The Labute approximate surface area is 78.7 Å². The van der Waals surface area contributed by atoms with E-state index in [-0.39, 0.29) is 6.10 Å². The molecule has 0 spiro atoms. The number of pyridine rings is 1. The lowest BCUT2D eigenvalue weighted by Gasteiger charge is -2.12. The summed E-state index contributed by atoms with van der Waals surface area (Å²) >= 11 is 0. The molecule has 13 heavy (non-hydrogen) atoms. The van der Waals surface area contributed by atoms with Gasteiger partial charge in [-0.3, -0.25) is 0 Å². The van der Waals surface area contributed by atoms with E-state index in [4.69, 9.17) is 9.47 Å². The predicted molar refractivity (Wildman–Crippen MR) is 51.3 cm³/mol. The Kier molecular flexibility index (Phi) is 3.12. The van der Waals surface area contributed by atoms with Crippen molar-refractivity contribution in [3.63, 3.8) is 0 Å². The van der Waals surface area contributed by atoms with E-state index in [1.54, 1.807) is 7.11 Å². The Morgan fingerprint density at radius 2 is 2.00 bits per heavy atom. The van der Waals surface area contributed by atoms with Gasteiger partial charge >= 0.3 is 0 Å². The third kappa shape index (κ3) is 2.61. The van der Waals surface area contributed by atoms with Crippen LogP contribution in [0.4, 0.5) is 0 Å². The molecule has 0 atom stereocenters. The standard InChI is InChI=1S/C10H15NO2/c1-7(2)13-9-6-5-8(3)11-10(9)12-4/h5-7H,1-4H3. The zero-order valence-electron chi connectivity index (χ0n) is 8.50. The average Bonchev–Trinajstić information content (AvgIpc) is 2.07. The SMILES string of the molecule is COc1nc(C)ccc1OC(C)C. The van der Waals surface area contributed by atoms with Gasteiger partial charge in [-0.25, -0.2) is 4.98 Å². The molecular formula is C10H15NO2. The minimum absolute atomic E-state index is 0.137. The van der Waals surface area contributed by atoms with E-state index in [1.165, 1.54) is 0 Å². The van der Waals surface area contributed by atoms with Crippen molar-refractivity contribution < 1.29 is 9.47 Å². The highest BCUT2D eigenvalue weighted by molar-refractivity contribution is 5.34. The summed E-state index contributed by atoms with van der Waals surface area (Å²) in [6.45, 7) is 5.86. The van der Waals surface area contributed by atoms with Crippen molar-refractivity contribution in [2.75, 3.05) is 7.11 Å². The molecule has 1 rings (SSSR count). The number of aromatic nitrogens is 1. The molecule has 1 aromatic heterocycles. The Balaban J connectivity index is 2.92. The normalized spacial score (nSPS) is 10.2. The number of hydrogen-bond acceptors (Lipinski definition) is 3. The van der Waals surface area contributed by atoms with Crippen LogP contribution < -0.4 is 9.47 Å². The van der Waals surface area contributed by atoms with Crippen molar-refractivity contribution >= 4 is 0 Å². The fourth-order valence-electron chi connectivity index (χ4n) is 1.01. The first kappa shape index (κ1) is 9.84. The molecule has 1 aromatic rings. The summed E-state index contributed by atoms with van der Waals surface area (Å²) in [4.78, 5) is 4.20. The van der Waals surface area contributed by atoms with E-state index in [0.29, 0.717) is 11.6 Å². The summed E-state index contributed by atoms with van der Waals surface area (Å²) in [5.41, 5.74) is 0.924. The number of aryl methyl sites for hydroxylation is 1. The van der Waals surface area contributed by atoms with Gasteiger partial charge in [0.15, 0.2) is 5.75 Å². The van der Waals surface area contributed by atoms with Crippen LogP contribution in [-0.4, -0.2) is 18.2 Å². The lowest BCUT2D eigenvalue weighted by Crippen LogP contribution is -2.07. The van der Waals surface area contributed by atoms with Crippen LogP contribution >= 0.6 is 0 Å². The minimum atomic E-state index is 0.137. The van der Waals surface area contributed by atoms with Gasteiger partial charge in [0.05, 0.1) is 13.2 Å². The molecule has 0 unspecified atom stereocenters. The molecule has 0 saturated heterocycles. The first-order chi connectivity index (χ1) is 6.13. The monoisotopic (exact) mass is 181 g/mol. The maximum absolute atomic E-state index is 5.50. The lowest BCUT2D eigenvalue weighted by atomic mass is 10.3. The fourth-order valence-corrected chi connectivity index (χ4v) is 1.01. The van der Waals surface area contributed by atoms with Crippen molar-refractivity contribution in [1.82, 2.24) is 4.98 Å². The van der Waals surface area contributed by atoms with Crippen LogP contribution in [0.2, 0.25) is 0 Å². The Hall–Kier alpha value is -1.25. The number of rotatable bonds is 3. The van der Waals surface area contributed by atoms with Crippen LogP contribution in [-0.2, 0) is 0 Å². The molecule has 0 saturated carbocycles. The second kappa shape index (κ2) is 4.12. The van der Waals surface area contributed by atoms with E-state index < -0.39 is 0 Å². The van der Waals surface area contributed by atoms with Gasteiger partial charge in [0.2, 0.25) is 0 Å². The second-order valence-corrected chi connectivity index (χ2v) is 3.13. The summed E-state index contributed by atoms with van der Waals surface area (Å²) in [7, 11) is 1.59. The molecule has 0 aromatic carbocycles. The Bertz CT molecular complexity index is 284. The zero-order valence-corrected chi connectivity index (χ0v) is 8.50. The van der Waals surface area contributed by atoms with Crippen molar-refractivity contribution in [2.24, 2.45) is 0 Å². The van der Waals surface area contributed by atoms with Crippen LogP contribution in [0.1, 0.15) is 19.5 Å². The van der Waals surface area contributed by atoms with E-state index in [0.717, 1.165) is 5.69 Å². The fraction of sp³-hybridized carbons (Fsp3) is 0.500. The first-order valence-corrected chi connectivity index (χ1v) is 4.31. The van der Waals surface area contributed by atoms with E-state index >= 15 is 0 Å². The maximum Gasteiger partial charge on any atom is 0.256 e. The van der Waals surface area contributed by atoms with Crippen LogP contribution in [0.25, 0.3) is 0 Å². The quantitative estimate of drug-likeness (QED) is 0.716. The third-order valence-corrected chi connectivity index (χ3v) is 1.52. The lowest BCUT2D eigenvalue weighted by molar-refractivity contribution is 0.227. The number of nitrogens with zero attached hydrogens (tertiary/aromatic N) is 1. The molecule has 0 radical (unpaired) electrons. The second-order valence-electron chi connectivity index (χ2n) is 3.13. The molecule has 3 nitrogen and oxygen atoms in total. The zero-order chi connectivity index (χ0) is 9.84. The first-order valence-electron chi connectivity index (χ1n) is 4.31. The number of methoxy groups -OCH3 is 1. The van der Waals surface area contributed by atoms with Crippen LogP contribution in [0.3, 0.4) is 0 Å². The maximum atomic E-state index is 5.50. The summed E-state index contributed by atoms with van der Waals surface area (Å²) in [6, 6.07) is 3.78. The Morgan fingerprint density at radius 3 is 2.54 bits per heavy atom. The number of ether oxygens (including phenoxy) is 2. The molecule has 0 bridgehead atoms. The summed E-state index contributed by atoms with van der Waals surface area (Å²) in [5, 5.41) is 0. The topological polar surface area (TPSA) is 31.4 Å². The summed E-state index contributed by atoms with van der Waals surface area (Å²) < 4.78 is 10.6. The van der Waals surface area contributed by atoms with Gasteiger partial charge < -0.3 is 9.47 Å². The minimum Gasteiger partial charge on any atom is -0.485 e. The Morgan fingerprint density at radius 1 is 1.31 bits per heavy atom. The van der Waals surface area contributed by atoms with Gasteiger partial charge in [0.1, 0.15) is 0 Å². The molecule has 0 aliphatic carbocycles. The molecule has 1 heterocycles. The molecule has 72 valence electrons. The van der Waals surface area contributed by atoms with Crippen LogP contribution in [0.15, 0.2) is 12.1 Å². The van der Waals surface area contributed by atoms with Gasteiger partial charge in [-0.1, -0.05) is 0 Å². The van der Waals surface area contributed by atoms with Crippen molar-refractivity contribution in [2.45, 2.75) is 26.9 Å². The van der Waals surface area contributed by atoms with E-state index in [1.807, 2.05) is 32.9 Å². The smallest absolute Gasteiger partial charge is 0.256 e. The molecule has 0 aliphatic rings. The molecule has 0 amide bonds. The highest BCUT2D eigenvalue weighted by Crippen LogP contribution is 2.25. The molecular weight excluding hydrogens is 166 g/mol. The molecule has 0 aliphatic heterocycles. The van der Waals surface area contributed by atoms with Crippen molar-refractivity contribution in [1.29, 1.82) is 0 Å². The summed E-state index contributed by atoms with van der Waals surface area (Å²) in [5.74, 6) is 1.25. The van der Waals surface area contributed by atoms with E-state index in [2.05, 4.69) is 4.98 Å². The third-order valence-electron chi connectivity index (χ3n) is 1.52. The van der Waals surface area contributed by atoms with Crippen molar-refractivity contribution in [3.05, 3.63) is 17.8 Å². The van der Waals surface area contributed by atoms with Gasteiger partial charge in [-0.15, -0.1) is 0 Å². The van der Waals surface area contributed by atoms with Gasteiger partial charge in [-0.2, -0.15) is 0 Å². The van der Waals surface area contributed by atoms with Crippen LogP contribution in [0.5, 0.6) is 11.6 Å². The van der Waals surface area contributed by atoms with Gasteiger partial charge in [0.25, 0.3) is 5.88 Å². The molecule has 0 N–H and O–H groups in total. The molecule has 0 fully saturated rings. The van der Waals surface area contributed by atoms with Crippen LogP contribution in [0, 0.1) is 6.92 Å². The predicted octanol–water partition coefficient (Wildman–Crippen LogP) is 2.19. The summed E-state index contributed by atoms with van der Waals surface area (Å²) in [6.07, 6.45) is 0.137. The van der Waals surface area contributed by atoms with E-state index in [9.17, 15) is 0 Å². The molecule has 3 heteroatoms.